The molecule has 0 fully saturated rings. The number of nitrogens with zero attached hydrogens (tertiary/aromatic N) is 2. The molecule has 1 aromatic rings. The monoisotopic (exact) mass is 255 g/mol. The van der Waals surface area contributed by atoms with Gasteiger partial charge in [-0.1, -0.05) is 5.16 Å². The van der Waals surface area contributed by atoms with Crippen molar-refractivity contribution in [3.8, 4) is 0 Å². The maximum atomic E-state index is 11.6. The smallest absolute Gasteiger partial charge is 0.306 e. The zero-order valence-corrected chi connectivity index (χ0v) is 10.7. The Labute approximate surface area is 105 Å². The molecule has 0 bridgehead atoms. The summed E-state index contributed by atoms with van der Waals surface area (Å²) < 4.78 is 9.37. The normalized spacial score (nSPS) is 10.4. The average Bonchev–Trinajstić information content (AvgIpc) is 2.71. The van der Waals surface area contributed by atoms with E-state index in [4.69, 9.17) is 4.52 Å². The predicted octanol–water partition coefficient (Wildman–Crippen LogP) is 0.416. The van der Waals surface area contributed by atoms with Gasteiger partial charge in [0, 0.05) is 12.6 Å². The van der Waals surface area contributed by atoms with Crippen molar-refractivity contribution in [2.24, 2.45) is 0 Å². The second kappa shape index (κ2) is 6.75. The van der Waals surface area contributed by atoms with Crippen molar-refractivity contribution in [1.29, 1.82) is 0 Å². The summed E-state index contributed by atoms with van der Waals surface area (Å²) in [5.74, 6) is -0.203. The number of aryl methyl sites for hydroxylation is 1. The minimum atomic E-state index is -0.298. The van der Waals surface area contributed by atoms with Gasteiger partial charge in [-0.3, -0.25) is 19.8 Å². The van der Waals surface area contributed by atoms with Crippen molar-refractivity contribution >= 4 is 17.8 Å². The molecule has 0 aromatic carbocycles. The number of hydrogen-bond acceptors (Lipinski definition) is 6. The number of esters is 1. The Morgan fingerprint density at radius 2 is 2.28 bits per heavy atom. The average molecular weight is 255 g/mol. The first-order chi connectivity index (χ1) is 8.51. The van der Waals surface area contributed by atoms with Gasteiger partial charge in [0.05, 0.1) is 25.8 Å². The third-order valence-electron chi connectivity index (χ3n) is 2.23. The number of anilines is 1. The number of likely N-dealkylation sites (N-methyl/N-ethyl adjacent to an activating group) is 1. The van der Waals surface area contributed by atoms with Crippen LogP contribution >= 0.6 is 0 Å². The highest BCUT2D eigenvalue weighted by molar-refractivity contribution is 5.90. The molecular formula is C11H17N3O4. The van der Waals surface area contributed by atoms with Gasteiger partial charge in [-0.15, -0.1) is 0 Å². The largest absolute Gasteiger partial charge is 0.469 e. The summed E-state index contributed by atoms with van der Waals surface area (Å²) in [7, 11) is 3.08. The first-order valence-electron chi connectivity index (χ1n) is 5.50. The zero-order chi connectivity index (χ0) is 13.5. The van der Waals surface area contributed by atoms with E-state index in [-0.39, 0.29) is 24.8 Å². The minimum absolute atomic E-state index is 0.163. The van der Waals surface area contributed by atoms with Gasteiger partial charge in [0.1, 0.15) is 0 Å². The molecule has 1 heterocycles. The first kappa shape index (κ1) is 14.2. The van der Waals surface area contributed by atoms with Gasteiger partial charge in [0.2, 0.25) is 11.8 Å². The Morgan fingerprint density at radius 3 is 2.83 bits per heavy atom. The van der Waals surface area contributed by atoms with E-state index in [1.807, 2.05) is 0 Å². The van der Waals surface area contributed by atoms with Crippen LogP contribution in [0, 0.1) is 6.92 Å². The lowest BCUT2D eigenvalue weighted by Crippen LogP contribution is -2.31. The third-order valence-corrected chi connectivity index (χ3v) is 2.23. The summed E-state index contributed by atoms with van der Waals surface area (Å²) >= 11 is 0. The molecule has 0 unspecified atom stereocenters. The topological polar surface area (TPSA) is 84.7 Å². The van der Waals surface area contributed by atoms with Crippen LogP contribution < -0.4 is 5.32 Å². The number of rotatable bonds is 6. The van der Waals surface area contributed by atoms with Crippen molar-refractivity contribution in [2.75, 3.05) is 32.6 Å². The number of aromatic nitrogens is 1. The Morgan fingerprint density at radius 1 is 1.56 bits per heavy atom. The number of hydrogen-bond donors (Lipinski definition) is 1. The molecular weight excluding hydrogens is 238 g/mol. The molecule has 100 valence electrons. The molecule has 0 aliphatic heterocycles. The molecule has 1 aromatic heterocycles. The molecule has 7 heteroatoms. The maximum Gasteiger partial charge on any atom is 0.306 e. The van der Waals surface area contributed by atoms with Crippen molar-refractivity contribution < 1.29 is 18.8 Å². The molecule has 0 radical (unpaired) electrons. The Hall–Kier alpha value is -1.89. The van der Waals surface area contributed by atoms with Gasteiger partial charge in [0.15, 0.2) is 0 Å². The van der Waals surface area contributed by atoms with Crippen molar-refractivity contribution in [1.82, 2.24) is 10.1 Å². The van der Waals surface area contributed by atoms with Gasteiger partial charge in [-0.05, 0) is 14.0 Å². The second-order valence-electron chi connectivity index (χ2n) is 3.94. The van der Waals surface area contributed by atoms with Crippen LogP contribution in [0.25, 0.3) is 0 Å². The maximum absolute atomic E-state index is 11.6. The van der Waals surface area contributed by atoms with Crippen LogP contribution in [-0.4, -0.2) is 49.2 Å². The Kier molecular flexibility index (Phi) is 5.31. The molecule has 0 saturated carbocycles. The van der Waals surface area contributed by atoms with E-state index in [2.05, 4.69) is 15.2 Å². The van der Waals surface area contributed by atoms with Crippen LogP contribution in [0.1, 0.15) is 12.1 Å². The lowest BCUT2D eigenvalue weighted by atomic mass is 10.4. The van der Waals surface area contributed by atoms with Crippen LogP contribution in [0.15, 0.2) is 10.6 Å². The number of nitrogens with one attached hydrogen (secondary N) is 1. The van der Waals surface area contributed by atoms with E-state index in [1.165, 1.54) is 7.11 Å². The van der Waals surface area contributed by atoms with Crippen LogP contribution in [-0.2, 0) is 14.3 Å². The second-order valence-corrected chi connectivity index (χ2v) is 3.94. The lowest BCUT2D eigenvalue weighted by Gasteiger charge is -2.14. The summed E-state index contributed by atoms with van der Waals surface area (Å²) in [6.45, 7) is 2.38. The van der Waals surface area contributed by atoms with E-state index in [0.717, 1.165) is 0 Å². The molecule has 7 nitrogen and oxygen atoms in total. The SMILES string of the molecule is COC(=O)CCN(C)CC(=O)Nc1cc(C)no1. The molecule has 1 amide bonds. The highest BCUT2D eigenvalue weighted by Gasteiger charge is 2.10. The van der Waals surface area contributed by atoms with Gasteiger partial charge in [0.25, 0.3) is 0 Å². The molecule has 0 aliphatic carbocycles. The Bertz CT molecular complexity index is 416. The molecule has 0 atom stereocenters. The number of carbonyl (C=O) groups is 2. The van der Waals surface area contributed by atoms with E-state index < -0.39 is 0 Å². The summed E-state index contributed by atoms with van der Waals surface area (Å²) in [5, 5.41) is 6.22. The summed E-state index contributed by atoms with van der Waals surface area (Å²) in [6.07, 6.45) is 0.252. The molecule has 18 heavy (non-hydrogen) atoms. The van der Waals surface area contributed by atoms with Gasteiger partial charge < -0.3 is 9.26 Å². The number of amides is 1. The van der Waals surface area contributed by atoms with Gasteiger partial charge in [-0.2, -0.15) is 0 Å². The number of ether oxygens (including phenoxy) is 1. The van der Waals surface area contributed by atoms with Crippen LogP contribution in [0.5, 0.6) is 0 Å². The number of methoxy groups -OCH3 is 1. The molecule has 0 spiro atoms. The highest BCUT2D eigenvalue weighted by Crippen LogP contribution is 2.07. The quantitative estimate of drug-likeness (QED) is 0.741. The fourth-order valence-corrected chi connectivity index (χ4v) is 1.31. The van der Waals surface area contributed by atoms with Crippen molar-refractivity contribution in [3.05, 3.63) is 11.8 Å². The van der Waals surface area contributed by atoms with E-state index in [0.29, 0.717) is 18.1 Å². The predicted molar refractivity (Wildman–Crippen MR) is 64.0 cm³/mol. The Balaban J connectivity index is 2.29. The zero-order valence-electron chi connectivity index (χ0n) is 10.7. The van der Waals surface area contributed by atoms with Crippen LogP contribution in [0.4, 0.5) is 5.88 Å². The summed E-state index contributed by atoms with van der Waals surface area (Å²) in [4.78, 5) is 24.2. The number of carbonyl (C=O) groups excluding carboxylic acids is 2. The van der Waals surface area contributed by atoms with E-state index in [9.17, 15) is 9.59 Å². The molecule has 1 N–H and O–H groups in total. The van der Waals surface area contributed by atoms with Gasteiger partial charge >= 0.3 is 5.97 Å². The lowest BCUT2D eigenvalue weighted by molar-refractivity contribution is -0.141. The molecule has 0 aliphatic rings. The van der Waals surface area contributed by atoms with Gasteiger partial charge in [-0.25, -0.2) is 0 Å². The molecule has 0 saturated heterocycles. The van der Waals surface area contributed by atoms with Crippen molar-refractivity contribution in [3.63, 3.8) is 0 Å². The first-order valence-corrected chi connectivity index (χ1v) is 5.50. The summed E-state index contributed by atoms with van der Waals surface area (Å²) in [6, 6.07) is 1.63. The molecule has 1 rings (SSSR count). The standard InChI is InChI=1S/C11H17N3O4/c1-8-6-10(18-13-8)12-9(15)7-14(2)5-4-11(16)17-3/h6H,4-5,7H2,1-3H3,(H,12,15). The van der Waals surface area contributed by atoms with E-state index >= 15 is 0 Å². The minimum Gasteiger partial charge on any atom is -0.469 e. The highest BCUT2D eigenvalue weighted by atomic mass is 16.5. The third kappa shape index (κ3) is 4.96. The van der Waals surface area contributed by atoms with Crippen molar-refractivity contribution in [2.45, 2.75) is 13.3 Å². The summed E-state index contributed by atoms with van der Waals surface area (Å²) in [5.41, 5.74) is 0.698. The fraction of sp³-hybridized carbons (Fsp3) is 0.545. The van der Waals surface area contributed by atoms with E-state index in [1.54, 1.807) is 24.9 Å². The van der Waals surface area contributed by atoms with Crippen LogP contribution in [0.3, 0.4) is 0 Å². The van der Waals surface area contributed by atoms with Crippen LogP contribution in [0.2, 0.25) is 0 Å². The fourth-order valence-electron chi connectivity index (χ4n) is 1.31.